The van der Waals surface area contributed by atoms with E-state index >= 15 is 0 Å². The Hall–Kier alpha value is -0.0500. The summed E-state index contributed by atoms with van der Waals surface area (Å²) < 4.78 is 5.23. The molecule has 5 aliphatic rings. The van der Waals surface area contributed by atoms with Gasteiger partial charge in [-0.2, -0.15) is 12.6 Å². The maximum Gasteiger partial charge on any atom is 0.345 e. The molecule has 160 valence electrons. The van der Waals surface area contributed by atoms with Crippen molar-refractivity contribution < 1.29 is 19.4 Å². The molecular formula is C20H33NO4S3. The highest BCUT2D eigenvalue weighted by Crippen LogP contribution is 2.54. The fourth-order valence-electron chi connectivity index (χ4n) is 5.43. The number of hydrogen-bond donors (Lipinski definition) is 3. The Morgan fingerprint density at radius 3 is 2.04 bits per heavy atom. The number of esters is 1. The Labute approximate surface area is 182 Å². The molecule has 8 heteroatoms. The van der Waals surface area contributed by atoms with Crippen molar-refractivity contribution in [1.82, 2.24) is 0 Å². The highest BCUT2D eigenvalue weighted by molar-refractivity contribution is 8.20. The molecule has 1 aliphatic heterocycles. The molecule has 0 radical (unpaired) electrons. The summed E-state index contributed by atoms with van der Waals surface area (Å²) in [6.45, 7) is 1.67. The first kappa shape index (κ1) is 22.6. The summed E-state index contributed by atoms with van der Waals surface area (Å²) in [5.74, 6) is 3.55. The van der Waals surface area contributed by atoms with Gasteiger partial charge in [0.25, 0.3) is 0 Å². The molecule has 0 spiro atoms. The summed E-state index contributed by atoms with van der Waals surface area (Å²) in [6, 6.07) is 0. The average molecular weight is 448 g/mol. The molecule has 5 nitrogen and oxygen atoms in total. The van der Waals surface area contributed by atoms with Crippen LogP contribution in [0.3, 0.4) is 0 Å². The number of hydrogen-bond acceptors (Lipinski definition) is 7. The van der Waals surface area contributed by atoms with Gasteiger partial charge in [-0.15, -0.1) is 23.5 Å². The number of carbonyl (C=O) groups excluding carboxylic acids is 1. The Bertz CT molecular complexity index is 532. The number of nitrogens with two attached hydrogens (primary N) is 1. The SMILES string of the molecule is C[C@H](CS)C(=O)O[C@@H](CC1SCCS1)C(=O)O.NC12CC3CC(CC(C3)C1)C2. The van der Waals surface area contributed by atoms with Crippen LogP contribution in [0, 0.1) is 23.7 Å². The van der Waals surface area contributed by atoms with Crippen LogP contribution in [0.1, 0.15) is 51.9 Å². The summed E-state index contributed by atoms with van der Waals surface area (Å²) >= 11 is 7.43. The smallest absolute Gasteiger partial charge is 0.345 e. The van der Waals surface area contributed by atoms with E-state index in [1.165, 1.54) is 38.5 Å². The van der Waals surface area contributed by atoms with Crippen molar-refractivity contribution in [3.05, 3.63) is 0 Å². The van der Waals surface area contributed by atoms with Crippen LogP contribution in [0.5, 0.6) is 0 Å². The molecule has 3 N–H and O–H groups in total. The number of aliphatic carboxylic acids is 1. The third-order valence-electron chi connectivity index (χ3n) is 6.39. The molecule has 4 saturated carbocycles. The first-order valence-corrected chi connectivity index (χ1v) is 13.1. The van der Waals surface area contributed by atoms with E-state index in [0.717, 1.165) is 29.3 Å². The van der Waals surface area contributed by atoms with Gasteiger partial charge in [-0.05, 0) is 56.3 Å². The van der Waals surface area contributed by atoms with Crippen molar-refractivity contribution >= 4 is 48.1 Å². The van der Waals surface area contributed by atoms with Gasteiger partial charge in [0.1, 0.15) is 0 Å². The standard InChI is InChI=1S/C10H17N.C10H16O4S3/c11-10-4-7-1-8(5-10)3-9(2-7)6-10;1-6(5-15)10(13)14-7(9(11)12)4-8-16-2-3-17-8/h7-9H,1-6,11H2;6-8,15H,2-5H2,1H3,(H,11,12)/t;6-,7+/m.1/s1. The van der Waals surface area contributed by atoms with Crippen LogP contribution >= 0.6 is 36.2 Å². The summed E-state index contributed by atoms with van der Waals surface area (Å²) in [5.41, 5.74) is 6.62. The number of carboxylic acid groups (broad SMARTS) is 1. The minimum absolute atomic E-state index is 0.218. The van der Waals surface area contributed by atoms with Crippen LogP contribution in [-0.2, 0) is 14.3 Å². The van der Waals surface area contributed by atoms with E-state index in [9.17, 15) is 9.59 Å². The Kier molecular flexibility index (Phi) is 7.95. The number of carbonyl (C=O) groups is 2. The van der Waals surface area contributed by atoms with Gasteiger partial charge in [-0.3, -0.25) is 4.79 Å². The molecule has 4 bridgehead atoms. The third kappa shape index (κ3) is 5.99. The molecule has 2 atom stereocenters. The van der Waals surface area contributed by atoms with E-state index in [2.05, 4.69) is 12.6 Å². The van der Waals surface area contributed by atoms with Crippen molar-refractivity contribution in [2.75, 3.05) is 17.3 Å². The topological polar surface area (TPSA) is 89.6 Å². The molecule has 5 fully saturated rings. The minimum Gasteiger partial charge on any atom is -0.479 e. The monoisotopic (exact) mass is 447 g/mol. The lowest BCUT2D eigenvalue weighted by Gasteiger charge is -2.55. The van der Waals surface area contributed by atoms with E-state index < -0.39 is 18.0 Å². The molecule has 0 amide bonds. The Morgan fingerprint density at radius 1 is 1.14 bits per heavy atom. The average Bonchev–Trinajstić information content (AvgIpc) is 3.11. The minimum atomic E-state index is -1.07. The van der Waals surface area contributed by atoms with Crippen molar-refractivity contribution in [3.63, 3.8) is 0 Å². The summed E-state index contributed by atoms with van der Waals surface area (Å²) in [7, 11) is 0. The molecule has 0 aromatic heterocycles. The predicted octanol–water partition coefficient (Wildman–Crippen LogP) is 3.66. The van der Waals surface area contributed by atoms with Gasteiger partial charge in [0, 0.05) is 29.2 Å². The maximum atomic E-state index is 11.5. The van der Waals surface area contributed by atoms with Gasteiger partial charge in [-0.1, -0.05) is 6.92 Å². The Morgan fingerprint density at radius 2 is 1.64 bits per heavy atom. The molecule has 1 saturated heterocycles. The van der Waals surface area contributed by atoms with E-state index in [1.807, 2.05) is 0 Å². The largest absolute Gasteiger partial charge is 0.479 e. The molecule has 0 aromatic rings. The second-order valence-corrected chi connectivity index (χ2v) is 12.3. The molecule has 0 unspecified atom stereocenters. The van der Waals surface area contributed by atoms with Crippen LogP contribution in [0.2, 0.25) is 0 Å². The van der Waals surface area contributed by atoms with Crippen molar-refractivity contribution in [2.24, 2.45) is 29.4 Å². The number of carboxylic acids is 1. The molecule has 0 aromatic carbocycles. The van der Waals surface area contributed by atoms with Gasteiger partial charge in [0.15, 0.2) is 0 Å². The zero-order valence-electron chi connectivity index (χ0n) is 16.5. The van der Waals surface area contributed by atoms with Gasteiger partial charge in [-0.25, -0.2) is 4.79 Å². The molecule has 4 aliphatic carbocycles. The van der Waals surface area contributed by atoms with Crippen molar-refractivity contribution in [3.8, 4) is 0 Å². The first-order valence-electron chi connectivity index (χ1n) is 10.3. The lowest BCUT2D eigenvalue weighted by molar-refractivity contribution is -0.166. The lowest BCUT2D eigenvalue weighted by atomic mass is 9.53. The fraction of sp³-hybridized carbons (Fsp3) is 0.900. The van der Waals surface area contributed by atoms with E-state index in [-0.39, 0.29) is 10.5 Å². The van der Waals surface area contributed by atoms with Gasteiger partial charge < -0.3 is 15.6 Å². The molecule has 1 heterocycles. The van der Waals surface area contributed by atoms with E-state index in [4.69, 9.17) is 15.6 Å². The number of ether oxygens (including phenoxy) is 1. The Balaban J connectivity index is 0.000000173. The van der Waals surface area contributed by atoms with Crippen LogP contribution in [0.4, 0.5) is 0 Å². The molecule has 5 rings (SSSR count). The third-order valence-corrected chi connectivity index (χ3v) is 10.0. The predicted molar refractivity (Wildman–Crippen MR) is 119 cm³/mol. The van der Waals surface area contributed by atoms with Crippen LogP contribution in [0.15, 0.2) is 0 Å². The highest BCUT2D eigenvalue weighted by Gasteiger charge is 2.48. The fourth-order valence-corrected chi connectivity index (χ4v) is 8.45. The van der Waals surface area contributed by atoms with Crippen LogP contribution in [-0.4, -0.2) is 50.5 Å². The van der Waals surface area contributed by atoms with Gasteiger partial charge in [0.05, 0.1) is 10.5 Å². The van der Waals surface area contributed by atoms with E-state index in [1.54, 1.807) is 30.4 Å². The zero-order chi connectivity index (χ0) is 20.3. The normalized spacial score (nSPS) is 35.8. The van der Waals surface area contributed by atoms with Crippen LogP contribution in [0.25, 0.3) is 0 Å². The number of thioether (sulfide) groups is 2. The quantitative estimate of drug-likeness (QED) is 0.423. The number of rotatable bonds is 6. The highest BCUT2D eigenvalue weighted by atomic mass is 32.2. The van der Waals surface area contributed by atoms with Crippen molar-refractivity contribution in [2.45, 2.75) is 68.1 Å². The maximum absolute atomic E-state index is 11.5. The van der Waals surface area contributed by atoms with Gasteiger partial charge >= 0.3 is 11.9 Å². The molecule has 28 heavy (non-hydrogen) atoms. The zero-order valence-corrected chi connectivity index (χ0v) is 19.1. The molecular weight excluding hydrogens is 414 g/mol. The summed E-state index contributed by atoms with van der Waals surface area (Å²) in [4.78, 5) is 22.5. The van der Waals surface area contributed by atoms with Gasteiger partial charge in [0.2, 0.25) is 6.10 Å². The first-order chi connectivity index (χ1) is 13.3. The van der Waals surface area contributed by atoms with E-state index in [0.29, 0.717) is 17.7 Å². The summed E-state index contributed by atoms with van der Waals surface area (Å²) in [6.07, 6.45) is 7.91. The lowest BCUT2D eigenvalue weighted by Crippen LogP contribution is -2.55. The summed E-state index contributed by atoms with van der Waals surface area (Å²) in [5, 5.41) is 9.02. The second kappa shape index (κ2) is 9.84. The number of thiol groups is 1. The van der Waals surface area contributed by atoms with Crippen molar-refractivity contribution in [1.29, 1.82) is 0 Å². The second-order valence-electron chi connectivity index (χ2n) is 9.03. The van der Waals surface area contributed by atoms with Crippen LogP contribution < -0.4 is 5.73 Å².